The van der Waals surface area contributed by atoms with Gasteiger partial charge in [-0.2, -0.15) is 0 Å². The molecule has 134 valence electrons. The van der Waals surface area contributed by atoms with E-state index in [4.69, 9.17) is 4.74 Å². The number of nitrogens with zero attached hydrogens (tertiary/aromatic N) is 2. The molecular formula is C20H27N3O2. The Balaban J connectivity index is 1.69. The van der Waals surface area contributed by atoms with E-state index in [-0.39, 0.29) is 12.0 Å². The van der Waals surface area contributed by atoms with Crippen molar-refractivity contribution >= 4 is 5.91 Å². The van der Waals surface area contributed by atoms with Crippen LogP contribution in [0.1, 0.15) is 43.5 Å². The molecule has 0 unspecified atom stereocenters. The fraction of sp³-hybridized carbons (Fsp3) is 0.500. The zero-order valence-electron chi connectivity index (χ0n) is 15.1. The molecule has 0 aliphatic carbocycles. The number of aromatic amines is 1. The van der Waals surface area contributed by atoms with Crippen LogP contribution >= 0.6 is 0 Å². The van der Waals surface area contributed by atoms with Gasteiger partial charge in [-0.1, -0.05) is 44.9 Å². The van der Waals surface area contributed by atoms with Gasteiger partial charge in [0, 0.05) is 31.0 Å². The first kappa shape index (κ1) is 17.7. The molecule has 1 saturated heterocycles. The van der Waals surface area contributed by atoms with Gasteiger partial charge in [-0.15, -0.1) is 0 Å². The number of nitrogens with one attached hydrogen (secondary N) is 1. The van der Waals surface area contributed by atoms with Crippen LogP contribution in [-0.2, 0) is 4.74 Å². The number of aromatic nitrogens is 2. The van der Waals surface area contributed by atoms with Crippen LogP contribution in [0.2, 0.25) is 0 Å². The predicted octanol–water partition coefficient (Wildman–Crippen LogP) is 3.74. The second kappa shape index (κ2) is 8.30. The topological polar surface area (TPSA) is 58.2 Å². The molecule has 1 fully saturated rings. The molecule has 2 aromatic rings. The van der Waals surface area contributed by atoms with E-state index in [2.05, 4.69) is 23.8 Å². The lowest BCUT2D eigenvalue weighted by molar-refractivity contribution is -0.0259. The van der Waals surface area contributed by atoms with E-state index < -0.39 is 0 Å². The first-order valence-corrected chi connectivity index (χ1v) is 9.15. The molecule has 1 aromatic carbocycles. The van der Waals surface area contributed by atoms with Gasteiger partial charge in [-0.3, -0.25) is 4.79 Å². The second-order valence-corrected chi connectivity index (χ2v) is 7.05. The maximum atomic E-state index is 13.1. The number of imidazole rings is 1. The normalized spacial score (nSPS) is 17.9. The number of rotatable bonds is 6. The zero-order chi connectivity index (χ0) is 17.6. The van der Waals surface area contributed by atoms with Crippen molar-refractivity contribution in [3.05, 3.63) is 42.2 Å². The molecule has 1 amide bonds. The highest BCUT2D eigenvalue weighted by atomic mass is 16.5. The lowest BCUT2D eigenvalue weighted by Gasteiger charge is -2.33. The summed E-state index contributed by atoms with van der Waals surface area (Å²) in [4.78, 5) is 22.4. The van der Waals surface area contributed by atoms with E-state index in [1.807, 2.05) is 29.2 Å². The quantitative estimate of drug-likeness (QED) is 0.870. The molecule has 5 nitrogen and oxygen atoms in total. The summed E-state index contributed by atoms with van der Waals surface area (Å²) in [5.74, 6) is 1.50. The summed E-state index contributed by atoms with van der Waals surface area (Å²) in [7, 11) is 0. The van der Waals surface area contributed by atoms with Crippen molar-refractivity contribution in [1.82, 2.24) is 14.9 Å². The minimum atomic E-state index is 0.0594. The first-order chi connectivity index (χ1) is 12.1. The molecule has 0 spiro atoms. The van der Waals surface area contributed by atoms with Gasteiger partial charge < -0.3 is 14.6 Å². The fourth-order valence-electron chi connectivity index (χ4n) is 3.29. The van der Waals surface area contributed by atoms with Crippen LogP contribution < -0.4 is 0 Å². The van der Waals surface area contributed by atoms with Crippen LogP contribution in [0.3, 0.4) is 0 Å². The number of hydrogen-bond donors (Lipinski definition) is 1. The number of hydrogen-bond acceptors (Lipinski definition) is 3. The molecule has 0 bridgehead atoms. The van der Waals surface area contributed by atoms with Crippen LogP contribution in [-0.4, -0.2) is 46.6 Å². The van der Waals surface area contributed by atoms with Gasteiger partial charge in [0.2, 0.25) is 0 Å². The molecule has 5 heteroatoms. The number of amides is 1. The number of morpholine rings is 1. The van der Waals surface area contributed by atoms with Crippen LogP contribution in [0.5, 0.6) is 0 Å². The molecule has 1 aliphatic rings. The van der Waals surface area contributed by atoms with Gasteiger partial charge in [-0.05, 0) is 18.4 Å². The molecule has 0 saturated carbocycles. The Morgan fingerprint density at radius 3 is 3.00 bits per heavy atom. The Labute approximate surface area is 149 Å². The number of carbonyl (C=O) groups excluding carboxylic acids is 1. The van der Waals surface area contributed by atoms with E-state index in [0.29, 0.717) is 31.2 Å². The molecule has 2 heterocycles. The van der Waals surface area contributed by atoms with Gasteiger partial charge in [0.1, 0.15) is 5.82 Å². The van der Waals surface area contributed by atoms with Gasteiger partial charge in [0.15, 0.2) is 0 Å². The highest BCUT2D eigenvalue weighted by molar-refractivity contribution is 6.00. The molecule has 1 N–H and O–H groups in total. The van der Waals surface area contributed by atoms with Gasteiger partial charge in [0.05, 0.1) is 18.3 Å². The maximum Gasteiger partial charge on any atom is 0.254 e. The van der Waals surface area contributed by atoms with Gasteiger partial charge >= 0.3 is 0 Å². The van der Waals surface area contributed by atoms with Crippen molar-refractivity contribution in [3.8, 4) is 11.4 Å². The minimum absolute atomic E-state index is 0.0594. The van der Waals surface area contributed by atoms with Gasteiger partial charge in [0.25, 0.3) is 5.91 Å². The Morgan fingerprint density at radius 2 is 2.24 bits per heavy atom. The zero-order valence-corrected chi connectivity index (χ0v) is 15.1. The molecule has 1 aliphatic heterocycles. The third kappa shape index (κ3) is 4.48. The average molecular weight is 341 g/mol. The third-order valence-corrected chi connectivity index (χ3v) is 4.64. The van der Waals surface area contributed by atoms with Crippen molar-refractivity contribution in [2.75, 3.05) is 19.7 Å². The molecule has 1 aromatic heterocycles. The first-order valence-electron chi connectivity index (χ1n) is 9.15. The van der Waals surface area contributed by atoms with Gasteiger partial charge in [-0.25, -0.2) is 4.98 Å². The predicted molar refractivity (Wildman–Crippen MR) is 98.4 cm³/mol. The third-order valence-electron chi connectivity index (χ3n) is 4.64. The van der Waals surface area contributed by atoms with Crippen molar-refractivity contribution < 1.29 is 9.53 Å². The van der Waals surface area contributed by atoms with E-state index in [9.17, 15) is 4.79 Å². The summed E-state index contributed by atoms with van der Waals surface area (Å²) in [6, 6.07) is 7.65. The Kier molecular flexibility index (Phi) is 5.87. The van der Waals surface area contributed by atoms with Crippen molar-refractivity contribution in [1.29, 1.82) is 0 Å². The largest absolute Gasteiger partial charge is 0.375 e. The summed E-state index contributed by atoms with van der Waals surface area (Å²) in [5.41, 5.74) is 1.54. The summed E-state index contributed by atoms with van der Waals surface area (Å²) in [6.07, 6.45) is 6.99. The number of ether oxygens (including phenoxy) is 1. The van der Waals surface area contributed by atoms with E-state index in [0.717, 1.165) is 24.2 Å². The van der Waals surface area contributed by atoms with Crippen molar-refractivity contribution in [3.63, 3.8) is 0 Å². The lowest BCUT2D eigenvalue weighted by Crippen LogP contribution is -2.45. The molecule has 0 radical (unpaired) electrons. The number of H-pyrrole nitrogens is 1. The Bertz CT molecular complexity index is 682. The van der Waals surface area contributed by atoms with E-state index >= 15 is 0 Å². The second-order valence-electron chi connectivity index (χ2n) is 7.05. The fourth-order valence-corrected chi connectivity index (χ4v) is 3.29. The van der Waals surface area contributed by atoms with Crippen LogP contribution in [0.25, 0.3) is 11.4 Å². The average Bonchev–Trinajstić information content (AvgIpc) is 3.15. The molecule has 25 heavy (non-hydrogen) atoms. The Hall–Kier alpha value is -2.14. The highest BCUT2D eigenvalue weighted by Crippen LogP contribution is 2.23. The molecule has 1 atom stereocenters. The van der Waals surface area contributed by atoms with Crippen molar-refractivity contribution in [2.45, 2.75) is 39.2 Å². The smallest absolute Gasteiger partial charge is 0.254 e. The lowest BCUT2D eigenvalue weighted by atomic mass is 10.0. The number of benzene rings is 1. The summed E-state index contributed by atoms with van der Waals surface area (Å²) < 4.78 is 5.87. The standard InChI is InChI=1S/C20H27N3O2/c1-15(2)6-5-7-16-14-23(12-13-25-16)20(24)18-9-4-3-8-17(18)19-21-10-11-22-19/h3-4,8-11,15-16H,5-7,12-14H2,1-2H3,(H,21,22)/t16-/m0/s1. The highest BCUT2D eigenvalue weighted by Gasteiger charge is 2.26. The van der Waals surface area contributed by atoms with Crippen LogP contribution in [0, 0.1) is 5.92 Å². The SMILES string of the molecule is CC(C)CCC[C@H]1CN(C(=O)c2ccccc2-c2ncc[nH]2)CCO1. The van der Waals surface area contributed by atoms with E-state index in [1.54, 1.807) is 12.4 Å². The number of carbonyl (C=O) groups is 1. The van der Waals surface area contributed by atoms with E-state index in [1.165, 1.54) is 6.42 Å². The summed E-state index contributed by atoms with van der Waals surface area (Å²) in [6.45, 7) is 6.41. The molecule has 3 rings (SSSR count). The monoisotopic (exact) mass is 341 g/mol. The summed E-state index contributed by atoms with van der Waals surface area (Å²) >= 11 is 0. The van der Waals surface area contributed by atoms with Crippen LogP contribution in [0.15, 0.2) is 36.7 Å². The Morgan fingerprint density at radius 1 is 1.40 bits per heavy atom. The van der Waals surface area contributed by atoms with Crippen molar-refractivity contribution in [2.24, 2.45) is 5.92 Å². The minimum Gasteiger partial charge on any atom is -0.375 e. The summed E-state index contributed by atoms with van der Waals surface area (Å²) in [5, 5.41) is 0. The molecular weight excluding hydrogens is 314 g/mol. The van der Waals surface area contributed by atoms with Crippen LogP contribution in [0.4, 0.5) is 0 Å². The maximum absolute atomic E-state index is 13.1.